The summed E-state index contributed by atoms with van der Waals surface area (Å²) in [5.41, 5.74) is 3.51. The predicted molar refractivity (Wildman–Crippen MR) is 123 cm³/mol. The van der Waals surface area contributed by atoms with Gasteiger partial charge in [-0.15, -0.1) is 0 Å². The van der Waals surface area contributed by atoms with Crippen molar-refractivity contribution in [3.63, 3.8) is 0 Å². The zero-order chi connectivity index (χ0) is 21.5. The zero-order valence-corrected chi connectivity index (χ0v) is 17.9. The molecule has 2 aromatic carbocycles. The molecule has 3 N–H and O–H groups in total. The number of likely N-dealkylation sites (N-methyl/N-ethyl adjacent to an activating group) is 1. The average molecular weight is 410 g/mol. The Labute approximate surface area is 178 Å². The Bertz CT molecular complexity index is 843. The van der Waals surface area contributed by atoms with Gasteiger partial charge >= 0.3 is 0 Å². The maximum absolute atomic E-state index is 12.5. The molecule has 1 fully saturated rings. The van der Waals surface area contributed by atoms with Gasteiger partial charge in [-0.1, -0.05) is 6.92 Å². The van der Waals surface area contributed by atoms with Crippen LogP contribution in [0.5, 0.6) is 0 Å². The second-order valence-electron chi connectivity index (χ2n) is 7.58. The monoisotopic (exact) mass is 409 g/mol. The number of rotatable bonds is 7. The summed E-state index contributed by atoms with van der Waals surface area (Å²) in [6, 6.07) is 14.9. The van der Waals surface area contributed by atoms with E-state index in [1.807, 2.05) is 19.1 Å². The van der Waals surface area contributed by atoms with Crippen LogP contribution in [0, 0.1) is 0 Å². The highest BCUT2D eigenvalue weighted by molar-refractivity contribution is 5.96. The molecule has 1 aliphatic rings. The van der Waals surface area contributed by atoms with Crippen LogP contribution < -0.4 is 20.9 Å². The number of nitrogens with one attached hydrogen (secondary N) is 3. The fourth-order valence-electron chi connectivity index (χ4n) is 3.50. The molecule has 160 valence electrons. The van der Waals surface area contributed by atoms with E-state index in [0.717, 1.165) is 38.4 Å². The lowest BCUT2D eigenvalue weighted by Gasteiger charge is -2.35. The molecule has 0 unspecified atom stereocenters. The van der Waals surface area contributed by atoms with Crippen molar-refractivity contribution in [3.8, 4) is 0 Å². The van der Waals surface area contributed by atoms with Crippen molar-refractivity contribution in [2.45, 2.75) is 26.8 Å². The van der Waals surface area contributed by atoms with Gasteiger partial charge in [-0.3, -0.25) is 9.59 Å². The normalized spacial score (nSPS) is 15.4. The van der Waals surface area contributed by atoms with E-state index in [1.165, 1.54) is 12.6 Å². The van der Waals surface area contributed by atoms with Crippen molar-refractivity contribution in [3.05, 3.63) is 48.5 Å². The van der Waals surface area contributed by atoms with E-state index in [9.17, 15) is 9.59 Å². The third-order valence-electron chi connectivity index (χ3n) is 5.30. The minimum atomic E-state index is -0.390. The number of nitrogens with zero attached hydrogens (tertiary/aromatic N) is 2. The molecule has 2 aromatic rings. The number of amides is 2. The van der Waals surface area contributed by atoms with Gasteiger partial charge in [0.1, 0.15) is 6.04 Å². The number of hydrogen-bond donors (Lipinski definition) is 3. The molecule has 0 spiro atoms. The quantitative estimate of drug-likeness (QED) is 0.655. The van der Waals surface area contributed by atoms with Gasteiger partial charge in [0.2, 0.25) is 11.8 Å². The number of anilines is 4. The van der Waals surface area contributed by atoms with E-state index in [0.29, 0.717) is 11.4 Å². The summed E-state index contributed by atoms with van der Waals surface area (Å²) in [6.07, 6.45) is 0. The Balaban J connectivity index is 1.50. The zero-order valence-electron chi connectivity index (χ0n) is 17.9. The van der Waals surface area contributed by atoms with Crippen molar-refractivity contribution in [1.29, 1.82) is 0 Å². The molecular weight excluding hydrogens is 378 g/mol. The van der Waals surface area contributed by atoms with Gasteiger partial charge in [0.25, 0.3) is 0 Å². The summed E-state index contributed by atoms with van der Waals surface area (Å²) in [6.45, 7) is 10.9. The summed E-state index contributed by atoms with van der Waals surface area (Å²) in [7, 11) is 0. The van der Waals surface area contributed by atoms with Gasteiger partial charge < -0.3 is 25.8 Å². The SMILES string of the molecule is CCN1CCN(c2ccc(N[C@@H](C)C(=O)Nc3ccc(NC(C)=O)cc3)cc2)CC1. The summed E-state index contributed by atoms with van der Waals surface area (Å²) in [4.78, 5) is 28.4. The Hall–Kier alpha value is -3.06. The first-order chi connectivity index (χ1) is 14.4. The second-order valence-corrected chi connectivity index (χ2v) is 7.58. The van der Waals surface area contributed by atoms with Crippen LogP contribution in [0.2, 0.25) is 0 Å². The Morgan fingerprint density at radius 2 is 1.40 bits per heavy atom. The summed E-state index contributed by atoms with van der Waals surface area (Å²) >= 11 is 0. The van der Waals surface area contributed by atoms with Gasteiger partial charge in [0.05, 0.1) is 0 Å². The largest absolute Gasteiger partial charge is 0.374 e. The molecule has 0 saturated carbocycles. The summed E-state index contributed by atoms with van der Waals surface area (Å²) < 4.78 is 0. The molecular formula is C23H31N5O2. The van der Waals surface area contributed by atoms with Gasteiger partial charge in [0, 0.05) is 55.9 Å². The van der Waals surface area contributed by atoms with Crippen LogP contribution in [0.25, 0.3) is 0 Å². The molecule has 0 bridgehead atoms. The van der Waals surface area contributed by atoms with Crippen LogP contribution in [0.15, 0.2) is 48.5 Å². The minimum absolute atomic E-state index is 0.123. The maximum Gasteiger partial charge on any atom is 0.246 e. The fourth-order valence-corrected chi connectivity index (χ4v) is 3.50. The average Bonchev–Trinajstić information content (AvgIpc) is 2.75. The molecule has 2 amide bonds. The molecule has 1 saturated heterocycles. The van der Waals surface area contributed by atoms with Gasteiger partial charge in [-0.05, 0) is 62.0 Å². The van der Waals surface area contributed by atoms with Crippen molar-refractivity contribution in [1.82, 2.24) is 4.90 Å². The van der Waals surface area contributed by atoms with Crippen molar-refractivity contribution >= 4 is 34.6 Å². The lowest BCUT2D eigenvalue weighted by Crippen LogP contribution is -2.46. The Kier molecular flexibility index (Phi) is 7.30. The van der Waals surface area contributed by atoms with E-state index in [2.05, 4.69) is 44.8 Å². The highest BCUT2D eigenvalue weighted by atomic mass is 16.2. The number of piperazine rings is 1. The number of benzene rings is 2. The maximum atomic E-state index is 12.5. The summed E-state index contributed by atoms with van der Waals surface area (Å²) in [5, 5.41) is 8.84. The van der Waals surface area contributed by atoms with Crippen LogP contribution in [-0.2, 0) is 9.59 Å². The fraction of sp³-hybridized carbons (Fsp3) is 0.391. The molecule has 1 atom stereocenters. The first-order valence-corrected chi connectivity index (χ1v) is 10.5. The lowest BCUT2D eigenvalue weighted by atomic mass is 10.2. The highest BCUT2D eigenvalue weighted by Crippen LogP contribution is 2.20. The molecule has 0 radical (unpaired) electrons. The third kappa shape index (κ3) is 5.97. The molecule has 7 nitrogen and oxygen atoms in total. The molecule has 0 aromatic heterocycles. The second kappa shape index (κ2) is 10.1. The smallest absolute Gasteiger partial charge is 0.246 e. The first-order valence-electron chi connectivity index (χ1n) is 10.5. The Morgan fingerprint density at radius 1 is 0.867 bits per heavy atom. The standard InChI is InChI=1S/C23H31N5O2/c1-4-27-13-15-28(16-14-27)22-11-9-19(10-12-22)24-17(2)23(30)26-21-7-5-20(6-8-21)25-18(3)29/h5-12,17,24H,4,13-16H2,1-3H3,(H,25,29)(H,26,30)/t17-/m0/s1. The summed E-state index contributed by atoms with van der Waals surface area (Å²) in [5.74, 6) is -0.249. The molecule has 7 heteroatoms. The first kappa shape index (κ1) is 21.6. The van der Waals surface area contributed by atoms with Gasteiger partial charge in [-0.25, -0.2) is 0 Å². The van der Waals surface area contributed by atoms with Crippen molar-refractivity contribution < 1.29 is 9.59 Å². The predicted octanol–water partition coefficient (Wildman–Crippen LogP) is 3.23. The highest BCUT2D eigenvalue weighted by Gasteiger charge is 2.16. The Morgan fingerprint density at radius 3 is 1.93 bits per heavy atom. The van der Waals surface area contributed by atoms with E-state index in [4.69, 9.17) is 0 Å². The van der Waals surface area contributed by atoms with E-state index in [1.54, 1.807) is 24.3 Å². The molecule has 0 aliphatic carbocycles. The van der Waals surface area contributed by atoms with E-state index < -0.39 is 0 Å². The third-order valence-corrected chi connectivity index (χ3v) is 5.30. The molecule has 1 heterocycles. The molecule has 1 aliphatic heterocycles. The van der Waals surface area contributed by atoms with Crippen LogP contribution >= 0.6 is 0 Å². The van der Waals surface area contributed by atoms with Crippen LogP contribution in [0.4, 0.5) is 22.7 Å². The van der Waals surface area contributed by atoms with E-state index in [-0.39, 0.29) is 17.9 Å². The van der Waals surface area contributed by atoms with Crippen LogP contribution in [0.3, 0.4) is 0 Å². The molecule has 3 rings (SSSR count). The topological polar surface area (TPSA) is 76.7 Å². The number of carbonyl (C=O) groups is 2. The van der Waals surface area contributed by atoms with Crippen molar-refractivity contribution in [2.24, 2.45) is 0 Å². The minimum Gasteiger partial charge on any atom is -0.374 e. The molecule has 30 heavy (non-hydrogen) atoms. The van der Waals surface area contributed by atoms with Crippen molar-refractivity contribution in [2.75, 3.05) is 53.6 Å². The van der Waals surface area contributed by atoms with E-state index >= 15 is 0 Å². The van der Waals surface area contributed by atoms with Gasteiger partial charge in [0.15, 0.2) is 0 Å². The van der Waals surface area contributed by atoms with Gasteiger partial charge in [-0.2, -0.15) is 0 Å². The van der Waals surface area contributed by atoms with Crippen LogP contribution in [0.1, 0.15) is 20.8 Å². The van der Waals surface area contributed by atoms with Crippen LogP contribution in [-0.4, -0.2) is 55.5 Å². The number of carbonyl (C=O) groups excluding carboxylic acids is 2. The lowest BCUT2D eigenvalue weighted by molar-refractivity contribution is -0.116. The number of hydrogen-bond acceptors (Lipinski definition) is 5.